The summed E-state index contributed by atoms with van der Waals surface area (Å²) in [6.07, 6.45) is 16.3. The molecule has 0 bridgehead atoms. The maximum absolute atomic E-state index is 3.91. The first kappa shape index (κ1) is 18.4. The van der Waals surface area contributed by atoms with Crippen molar-refractivity contribution in [1.82, 2.24) is 0 Å². The molecular formula is C20H30. The maximum atomic E-state index is 3.91. The fourth-order valence-corrected chi connectivity index (χ4v) is 2.30. The van der Waals surface area contributed by atoms with Crippen molar-refractivity contribution in [3.8, 4) is 0 Å². The van der Waals surface area contributed by atoms with Crippen molar-refractivity contribution in [3.63, 3.8) is 0 Å². The first-order valence-electron chi connectivity index (χ1n) is 7.84. The van der Waals surface area contributed by atoms with Crippen LogP contribution in [0, 0.1) is 5.92 Å². The molecule has 0 saturated carbocycles. The Bertz CT molecular complexity index is 450. The summed E-state index contributed by atoms with van der Waals surface area (Å²) in [4.78, 5) is 0. The van der Waals surface area contributed by atoms with Crippen molar-refractivity contribution >= 4 is 0 Å². The molecule has 0 amide bonds. The molecule has 0 heterocycles. The molecule has 1 unspecified atom stereocenters. The summed E-state index contributed by atoms with van der Waals surface area (Å²) in [5.74, 6) is 0.508. The van der Waals surface area contributed by atoms with Crippen LogP contribution in [0.25, 0.3) is 0 Å². The summed E-state index contributed by atoms with van der Waals surface area (Å²) in [6, 6.07) is 0. The second-order valence-electron chi connectivity index (χ2n) is 4.34. The van der Waals surface area contributed by atoms with Crippen LogP contribution < -0.4 is 0 Å². The summed E-state index contributed by atoms with van der Waals surface area (Å²) in [7, 11) is 0. The van der Waals surface area contributed by atoms with Crippen molar-refractivity contribution in [2.24, 2.45) is 5.92 Å². The topological polar surface area (TPSA) is 0 Å². The first-order valence-corrected chi connectivity index (χ1v) is 7.84. The van der Waals surface area contributed by atoms with E-state index in [0.717, 1.165) is 6.42 Å². The highest BCUT2D eigenvalue weighted by Gasteiger charge is 2.21. The lowest BCUT2D eigenvalue weighted by molar-refractivity contribution is 0.935. The van der Waals surface area contributed by atoms with Crippen LogP contribution in [-0.2, 0) is 0 Å². The van der Waals surface area contributed by atoms with Gasteiger partial charge in [0.2, 0.25) is 0 Å². The Kier molecular flexibility index (Phi) is 9.45. The zero-order chi connectivity index (χ0) is 15.5. The molecule has 2 aliphatic rings. The molecule has 0 spiro atoms. The molecule has 0 aromatic rings. The van der Waals surface area contributed by atoms with Crippen LogP contribution in [0.2, 0.25) is 0 Å². The maximum Gasteiger partial charge on any atom is -0.00138 e. The van der Waals surface area contributed by atoms with E-state index in [1.54, 1.807) is 0 Å². The Morgan fingerprint density at radius 1 is 1.20 bits per heavy atom. The first-order chi connectivity index (χ1) is 9.76. The molecule has 0 fully saturated rings. The van der Waals surface area contributed by atoms with E-state index in [0.29, 0.717) is 5.92 Å². The molecule has 0 aromatic carbocycles. The van der Waals surface area contributed by atoms with Crippen molar-refractivity contribution in [2.75, 3.05) is 0 Å². The van der Waals surface area contributed by atoms with Gasteiger partial charge in [-0.15, -0.1) is 0 Å². The highest BCUT2D eigenvalue weighted by molar-refractivity contribution is 5.64. The minimum atomic E-state index is 0.508. The molecule has 2 rings (SSSR count). The quantitative estimate of drug-likeness (QED) is 0.533. The Hall–Kier alpha value is -1.56. The average Bonchev–Trinajstić information content (AvgIpc) is 2.70. The second-order valence-corrected chi connectivity index (χ2v) is 4.34. The predicted molar refractivity (Wildman–Crippen MR) is 93.8 cm³/mol. The summed E-state index contributed by atoms with van der Waals surface area (Å²) in [5, 5.41) is 0. The molecule has 0 saturated heterocycles. The lowest BCUT2D eigenvalue weighted by Gasteiger charge is -2.04. The third-order valence-electron chi connectivity index (χ3n) is 3.08. The van der Waals surface area contributed by atoms with Crippen LogP contribution in [0.5, 0.6) is 0 Å². The van der Waals surface area contributed by atoms with Crippen LogP contribution in [0.15, 0.2) is 71.4 Å². The molecule has 20 heavy (non-hydrogen) atoms. The molecule has 0 aliphatic heterocycles. The van der Waals surface area contributed by atoms with Gasteiger partial charge in [0.25, 0.3) is 0 Å². The fraction of sp³-hybridized carbons (Fsp3) is 0.400. The van der Waals surface area contributed by atoms with E-state index >= 15 is 0 Å². The van der Waals surface area contributed by atoms with Gasteiger partial charge in [-0.05, 0) is 41.6 Å². The number of hydrogen-bond acceptors (Lipinski definition) is 0. The zero-order valence-electron chi connectivity index (χ0n) is 14.0. The van der Waals surface area contributed by atoms with Crippen molar-refractivity contribution in [2.45, 2.75) is 48.0 Å². The van der Waals surface area contributed by atoms with Crippen molar-refractivity contribution in [3.05, 3.63) is 71.4 Å². The van der Waals surface area contributed by atoms with Gasteiger partial charge < -0.3 is 0 Å². The smallest absolute Gasteiger partial charge is 0.00138 e. The van der Waals surface area contributed by atoms with E-state index in [-0.39, 0.29) is 0 Å². The fourth-order valence-electron chi connectivity index (χ4n) is 2.30. The Balaban J connectivity index is 0.000000829. The van der Waals surface area contributed by atoms with Gasteiger partial charge in [0, 0.05) is 0 Å². The minimum absolute atomic E-state index is 0.508. The number of rotatable bonds is 2. The van der Waals surface area contributed by atoms with E-state index in [1.165, 1.54) is 22.3 Å². The van der Waals surface area contributed by atoms with E-state index in [9.17, 15) is 0 Å². The van der Waals surface area contributed by atoms with E-state index in [4.69, 9.17) is 0 Å². The standard InChI is InChI=1S/C16H18.2C2H6/c1-4-7-15-13(5-2)11-14-9-6-8-12(3)10-16(14)15;2*1-2/h4-10,12H,2,11H2,1,3H3;2*1-2H3/b7-4-;;. The highest BCUT2D eigenvalue weighted by atomic mass is 14.3. The Morgan fingerprint density at radius 3 is 2.40 bits per heavy atom. The third-order valence-corrected chi connectivity index (χ3v) is 3.08. The monoisotopic (exact) mass is 270 g/mol. The lowest BCUT2D eigenvalue weighted by atomic mass is 10.0. The van der Waals surface area contributed by atoms with Crippen molar-refractivity contribution < 1.29 is 0 Å². The molecule has 110 valence electrons. The summed E-state index contributed by atoms with van der Waals surface area (Å²) in [6.45, 7) is 16.2. The highest BCUT2D eigenvalue weighted by Crippen LogP contribution is 2.39. The summed E-state index contributed by atoms with van der Waals surface area (Å²) < 4.78 is 0. The molecule has 0 radical (unpaired) electrons. The lowest BCUT2D eigenvalue weighted by Crippen LogP contribution is -1.88. The number of allylic oxidation sites excluding steroid dienone is 11. The van der Waals surface area contributed by atoms with Gasteiger partial charge in [-0.3, -0.25) is 0 Å². The van der Waals surface area contributed by atoms with Crippen molar-refractivity contribution in [1.29, 1.82) is 0 Å². The van der Waals surface area contributed by atoms with Crippen LogP contribution in [0.3, 0.4) is 0 Å². The predicted octanol–water partition coefficient (Wildman–Crippen LogP) is 6.56. The largest absolute Gasteiger partial charge is 0.0988 e. The molecule has 1 atom stereocenters. The van der Waals surface area contributed by atoms with Gasteiger partial charge in [-0.1, -0.05) is 83.7 Å². The van der Waals surface area contributed by atoms with Gasteiger partial charge in [0.05, 0.1) is 0 Å². The summed E-state index contributed by atoms with van der Waals surface area (Å²) in [5.41, 5.74) is 5.51. The number of fused-ring (bicyclic) bond motifs is 1. The van der Waals surface area contributed by atoms with Gasteiger partial charge in [0.15, 0.2) is 0 Å². The van der Waals surface area contributed by atoms with Gasteiger partial charge >= 0.3 is 0 Å². The summed E-state index contributed by atoms with van der Waals surface area (Å²) >= 11 is 0. The van der Waals surface area contributed by atoms with Gasteiger partial charge in [-0.2, -0.15) is 0 Å². The van der Waals surface area contributed by atoms with Gasteiger partial charge in [0.1, 0.15) is 0 Å². The Labute approximate surface area is 126 Å². The minimum Gasteiger partial charge on any atom is -0.0988 e. The molecule has 0 aromatic heterocycles. The second kappa shape index (κ2) is 10.3. The Morgan fingerprint density at radius 2 is 1.85 bits per heavy atom. The van der Waals surface area contributed by atoms with Crippen LogP contribution in [0.1, 0.15) is 48.0 Å². The normalized spacial score (nSPS) is 20.0. The molecule has 0 N–H and O–H groups in total. The number of hydrogen-bond donors (Lipinski definition) is 0. The average molecular weight is 270 g/mol. The van der Waals surface area contributed by atoms with Crippen LogP contribution in [-0.4, -0.2) is 0 Å². The SMILES string of the molecule is C=CC1=C(/C=C\C)C2=CC(C)C=CC=C2C1.CC.CC. The van der Waals surface area contributed by atoms with Gasteiger partial charge in [-0.25, -0.2) is 0 Å². The molecule has 0 nitrogen and oxygen atoms in total. The molecular weight excluding hydrogens is 240 g/mol. The molecule has 2 aliphatic carbocycles. The van der Waals surface area contributed by atoms with Crippen LogP contribution in [0.4, 0.5) is 0 Å². The van der Waals surface area contributed by atoms with E-state index < -0.39 is 0 Å². The zero-order valence-corrected chi connectivity index (χ0v) is 14.0. The molecule has 0 heteroatoms. The van der Waals surface area contributed by atoms with E-state index in [2.05, 4.69) is 56.9 Å². The van der Waals surface area contributed by atoms with E-state index in [1.807, 2.05) is 33.8 Å². The third kappa shape index (κ3) is 4.52. The van der Waals surface area contributed by atoms with Crippen LogP contribution >= 0.6 is 0 Å².